The number of nitrogens with zero attached hydrogens (tertiary/aromatic N) is 1. The fourth-order valence-corrected chi connectivity index (χ4v) is 2.95. The van der Waals surface area contributed by atoms with Gasteiger partial charge in [-0.15, -0.1) is 11.6 Å². The van der Waals surface area contributed by atoms with Crippen molar-refractivity contribution in [1.82, 2.24) is 0 Å². The van der Waals surface area contributed by atoms with Crippen LogP contribution < -0.4 is 9.64 Å². The fourth-order valence-electron chi connectivity index (χ4n) is 2.46. The highest BCUT2D eigenvalue weighted by Gasteiger charge is 2.47. The Morgan fingerprint density at radius 1 is 1.05 bits per heavy atom. The smallest absolute Gasteiger partial charge is 0.248 e. The van der Waals surface area contributed by atoms with Gasteiger partial charge in [0.2, 0.25) is 5.91 Å². The first-order chi connectivity index (χ1) is 10.1. The van der Waals surface area contributed by atoms with Crippen LogP contribution in [0.2, 0.25) is 5.02 Å². The SMILES string of the molecule is COc1ccc(N2C(=O)C(Cl)C2c2ccc(Cl)cc2)cc1. The van der Waals surface area contributed by atoms with Gasteiger partial charge in [0.05, 0.1) is 13.2 Å². The van der Waals surface area contributed by atoms with E-state index in [1.54, 1.807) is 24.1 Å². The van der Waals surface area contributed by atoms with Crippen LogP contribution in [0, 0.1) is 0 Å². The van der Waals surface area contributed by atoms with Gasteiger partial charge in [-0.05, 0) is 42.0 Å². The average Bonchev–Trinajstić information content (AvgIpc) is 2.53. The summed E-state index contributed by atoms with van der Waals surface area (Å²) in [4.78, 5) is 13.8. The van der Waals surface area contributed by atoms with Crippen molar-refractivity contribution in [2.45, 2.75) is 11.4 Å². The summed E-state index contributed by atoms with van der Waals surface area (Å²) < 4.78 is 5.13. The Morgan fingerprint density at radius 2 is 1.67 bits per heavy atom. The highest BCUT2D eigenvalue weighted by atomic mass is 35.5. The van der Waals surface area contributed by atoms with E-state index in [9.17, 15) is 4.79 Å². The molecule has 0 spiro atoms. The van der Waals surface area contributed by atoms with Gasteiger partial charge < -0.3 is 9.64 Å². The molecule has 0 aliphatic carbocycles. The zero-order chi connectivity index (χ0) is 15.0. The van der Waals surface area contributed by atoms with Crippen molar-refractivity contribution in [3.63, 3.8) is 0 Å². The molecule has 3 rings (SSSR count). The maximum Gasteiger partial charge on any atom is 0.248 e. The summed E-state index contributed by atoms with van der Waals surface area (Å²) in [7, 11) is 1.61. The maximum atomic E-state index is 12.1. The first-order valence-electron chi connectivity index (χ1n) is 6.48. The van der Waals surface area contributed by atoms with E-state index >= 15 is 0 Å². The quantitative estimate of drug-likeness (QED) is 0.630. The molecule has 0 N–H and O–H groups in total. The number of halogens is 2. The van der Waals surface area contributed by atoms with Gasteiger partial charge in [-0.3, -0.25) is 4.79 Å². The summed E-state index contributed by atoms with van der Waals surface area (Å²) in [5.41, 5.74) is 1.77. The molecule has 5 heteroatoms. The second-order valence-corrected chi connectivity index (χ2v) is 5.71. The van der Waals surface area contributed by atoms with E-state index in [1.807, 2.05) is 36.4 Å². The van der Waals surface area contributed by atoms with Gasteiger partial charge in [0.25, 0.3) is 0 Å². The Hall–Kier alpha value is -1.71. The lowest BCUT2D eigenvalue weighted by Crippen LogP contribution is -2.56. The molecule has 1 aliphatic rings. The van der Waals surface area contributed by atoms with E-state index in [1.165, 1.54) is 0 Å². The molecule has 1 amide bonds. The lowest BCUT2D eigenvalue weighted by atomic mass is 9.92. The van der Waals surface area contributed by atoms with Crippen LogP contribution in [0.25, 0.3) is 0 Å². The van der Waals surface area contributed by atoms with Crippen molar-refractivity contribution in [2.75, 3.05) is 12.0 Å². The molecule has 108 valence electrons. The Kier molecular flexibility index (Phi) is 3.79. The second-order valence-electron chi connectivity index (χ2n) is 4.80. The van der Waals surface area contributed by atoms with Gasteiger partial charge in [0, 0.05) is 10.7 Å². The second kappa shape index (κ2) is 5.58. The van der Waals surface area contributed by atoms with E-state index in [4.69, 9.17) is 27.9 Å². The lowest BCUT2D eigenvalue weighted by molar-refractivity contribution is -0.123. The van der Waals surface area contributed by atoms with Crippen LogP contribution in [0.3, 0.4) is 0 Å². The molecule has 1 aliphatic heterocycles. The normalized spacial score (nSPS) is 21.1. The van der Waals surface area contributed by atoms with E-state index in [2.05, 4.69) is 0 Å². The molecular weight excluding hydrogens is 309 g/mol. The third-order valence-electron chi connectivity index (χ3n) is 3.59. The number of carbonyl (C=O) groups excluding carboxylic acids is 1. The van der Waals surface area contributed by atoms with Gasteiger partial charge in [0.1, 0.15) is 11.1 Å². The molecule has 0 radical (unpaired) electrons. The standard InChI is InChI=1S/C16H13Cl2NO2/c1-21-13-8-6-12(7-9-13)19-15(14(18)16(19)20)10-2-4-11(17)5-3-10/h2-9,14-15H,1H3. The summed E-state index contributed by atoms with van der Waals surface area (Å²) in [5, 5.41) is 0.111. The van der Waals surface area contributed by atoms with Gasteiger partial charge in [-0.1, -0.05) is 23.7 Å². The van der Waals surface area contributed by atoms with E-state index in [-0.39, 0.29) is 11.9 Å². The van der Waals surface area contributed by atoms with Crippen LogP contribution in [-0.4, -0.2) is 18.4 Å². The van der Waals surface area contributed by atoms with Gasteiger partial charge in [-0.2, -0.15) is 0 Å². The number of amides is 1. The topological polar surface area (TPSA) is 29.5 Å². The molecule has 3 nitrogen and oxygen atoms in total. The zero-order valence-corrected chi connectivity index (χ0v) is 12.8. The van der Waals surface area contributed by atoms with Gasteiger partial charge >= 0.3 is 0 Å². The van der Waals surface area contributed by atoms with Gasteiger partial charge in [0.15, 0.2) is 0 Å². The number of β-lactam (4-membered cyclic amide) rings is 1. The van der Waals surface area contributed by atoms with Crippen LogP contribution in [0.5, 0.6) is 5.75 Å². The molecular formula is C16H13Cl2NO2. The molecule has 1 heterocycles. The average molecular weight is 322 g/mol. The number of methoxy groups -OCH3 is 1. The number of alkyl halides is 1. The zero-order valence-electron chi connectivity index (χ0n) is 11.3. The van der Waals surface area contributed by atoms with Crippen molar-refractivity contribution in [1.29, 1.82) is 0 Å². The third kappa shape index (κ3) is 2.47. The highest BCUT2D eigenvalue weighted by molar-refractivity contribution is 6.37. The highest BCUT2D eigenvalue weighted by Crippen LogP contribution is 2.42. The predicted octanol–water partition coefficient (Wildman–Crippen LogP) is 4.04. The van der Waals surface area contributed by atoms with Crippen LogP contribution >= 0.6 is 23.2 Å². The molecule has 0 saturated carbocycles. The molecule has 2 aromatic rings. The largest absolute Gasteiger partial charge is 0.497 e. The molecule has 1 fully saturated rings. The van der Waals surface area contributed by atoms with Crippen molar-refractivity contribution in [3.05, 3.63) is 59.1 Å². The number of ether oxygens (including phenoxy) is 1. The molecule has 0 aromatic heterocycles. The summed E-state index contributed by atoms with van der Waals surface area (Å²) in [6.45, 7) is 0. The Morgan fingerprint density at radius 3 is 2.24 bits per heavy atom. The number of carbonyl (C=O) groups is 1. The van der Waals surface area contributed by atoms with Crippen LogP contribution in [0.4, 0.5) is 5.69 Å². The third-order valence-corrected chi connectivity index (χ3v) is 4.27. The first kappa shape index (κ1) is 14.2. The maximum absolute atomic E-state index is 12.1. The van der Waals surface area contributed by atoms with Crippen LogP contribution in [-0.2, 0) is 4.79 Å². The monoisotopic (exact) mass is 321 g/mol. The van der Waals surface area contributed by atoms with Crippen molar-refractivity contribution >= 4 is 34.8 Å². The predicted molar refractivity (Wildman–Crippen MR) is 84.3 cm³/mol. The molecule has 0 bridgehead atoms. The minimum Gasteiger partial charge on any atom is -0.497 e. The molecule has 21 heavy (non-hydrogen) atoms. The molecule has 2 aromatic carbocycles. The minimum atomic E-state index is -0.548. The summed E-state index contributed by atoms with van der Waals surface area (Å²) in [6, 6.07) is 14.6. The minimum absolute atomic E-state index is 0.0956. The van der Waals surface area contributed by atoms with Gasteiger partial charge in [-0.25, -0.2) is 0 Å². The Balaban J connectivity index is 1.92. The van der Waals surface area contributed by atoms with Crippen molar-refractivity contribution in [3.8, 4) is 5.75 Å². The first-order valence-corrected chi connectivity index (χ1v) is 7.30. The van der Waals surface area contributed by atoms with Crippen LogP contribution in [0.15, 0.2) is 48.5 Å². The Bertz CT molecular complexity index is 655. The number of rotatable bonds is 3. The summed E-state index contributed by atoms with van der Waals surface area (Å²) >= 11 is 12.1. The fraction of sp³-hybridized carbons (Fsp3) is 0.188. The lowest BCUT2D eigenvalue weighted by Gasteiger charge is -2.44. The summed E-state index contributed by atoms with van der Waals surface area (Å²) in [5.74, 6) is 0.652. The molecule has 1 saturated heterocycles. The van der Waals surface area contributed by atoms with E-state index < -0.39 is 5.38 Å². The van der Waals surface area contributed by atoms with E-state index in [0.29, 0.717) is 5.02 Å². The van der Waals surface area contributed by atoms with Crippen molar-refractivity contribution < 1.29 is 9.53 Å². The van der Waals surface area contributed by atoms with E-state index in [0.717, 1.165) is 17.0 Å². The number of hydrogen-bond donors (Lipinski definition) is 0. The Labute approximate surface area is 133 Å². The number of benzene rings is 2. The van der Waals surface area contributed by atoms with Crippen molar-refractivity contribution in [2.24, 2.45) is 0 Å². The molecule has 2 unspecified atom stereocenters. The van der Waals surface area contributed by atoms with Crippen LogP contribution in [0.1, 0.15) is 11.6 Å². The molecule has 2 atom stereocenters. The number of hydrogen-bond acceptors (Lipinski definition) is 2. The summed E-state index contributed by atoms with van der Waals surface area (Å²) in [6.07, 6.45) is 0. The number of anilines is 1.